The molecule has 0 unspecified atom stereocenters. The Labute approximate surface area is 519 Å². The minimum Gasteiger partial charge on any atom is -0.458 e. The van der Waals surface area contributed by atoms with E-state index in [0.717, 1.165) is 61.3 Å². The van der Waals surface area contributed by atoms with E-state index in [2.05, 4.69) is 15.1 Å². The summed E-state index contributed by atoms with van der Waals surface area (Å²) < 4.78 is 40.5. The van der Waals surface area contributed by atoms with Gasteiger partial charge in [-0.2, -0.15) is 0 Å². The summed E-state index contributed by atoms with van der Waals surface area (Å²) in [5, 5.41) is 3.06. The zero-order valence-corrected chi connectivity index (χ0v) is 53.2. The maximum absolute atomic E-state index is 15.0. The second-order valence-corrected chi connectivity index (χ2v) is 24.9. The molecular weight excluding hydrogens is 1130 g/mol. The SMILES string of the molecule is CN[C@@H](CC1CC1)C(=O)O[C@H](Cc1ccc(N2CCOCC2)cc1)C(=O)N(C)[C@@H](CC(C)C)C(=O)O[C@H](C)C(=O)N(C)[C@@H](CC1CC1)C(=O)O[C@H](Cc1ccc(N2CCOCC2)cc1)C(=O)N(C)[C@@H](CC(C)C)C(=O)O[C@H](C)C(=O)OCc1ccccc1. The second-order valence-electron chi connectivity index (χ2n) is 24.9. The first-order valence-corrected chi connectivity index (χ1v) is 31.4. The van der Waals surface area contributed by atoms with Crippen molar-refractivity contribution < 1.29 is 71.5 Å². The smallest absolute Gasteiger partial charge is 0.347 e. The minimum atomic E-state index is -1.51. The van der Waals surface area contributed by atoms with Gasteiger partial charge in [0.1, 0.15) is 30.8 Å². The standard InChI is InChI=1S/C67H94N6O15/c1-43(2)36-55(70(9)61(75)58(87-64(78)54(68-7)38-47-16-17-47)40-49-20-24-52(25-21-49)72-28-32-82-33-29-72)65(79)85-45(5)60(74)69(8)57(39-48-18-19-48)67(81)88-59(41-50-22-26-53(27-23-50)73-30-34-83-35-31-73)62(76)71(10)56(37-44(3)4)66(80)86-46(6)63(77)84-42-51-14-12-11-13-15-51/h11-15,20-27,43-48,54-59,68H,16-19,28-42H2,1-10H3/t45-,46-,54+,55+,56+,57+,58-,59-/m1/s1. The van der Waals surface area contributed by atoms with E-state index in [-0.39, 0.29) is 56.5 Å². The number of ether oxygens (including phenoxy) is 7. The Kier molecular flexibility index (Phi) is 25.6. The average Bonchev–Trinajstić information content (AvgIpc) is 2.71. The molecule has 4 aliphatic rings. The first-order chi connectivity index (χ1) is 42.1. The molecular formula is C67H94N6O15. The quantitative estimate of drug-likeness (QED) is 0.0531. The number of hydrogen-bond acceptors (Lipinski definition) is 18. The minimum absolute atomic E-state index is 0.0297. The third-order valence-electron chi connectivity index (χ3n) is 16.8. The average molecular weight is 1220 g/mol. The number of likely N-dealkylation sites (N-methyl/N-ethyl adjacent to an activating group) is 4. The molecule has 88 heavy (non-hydrogen) atoms. The van der Waals surface area contributed by atoms with Crippen molar-refractivity contribution in [1.82, 2.24) is 20.0 Å². The van der Waals surface area contributed by atoms with Crippen molar-refractivity contribution in [1.29, 1.82) is 0 Å². The van der Waals surface area contributed by atoms with E-state index in [1.165, 1.54) is 49.7 Å². The molecule has 21 nitrogen and oxygen atoms in total. The predicted octanol–water partition coefficient (Wildman–Crippen LogP) is 6.34. The molecule has 2 aliphatic heterocycles. The summed E-state index contributed by atoms with van der Waals surface area (Å²) in [4.78, 5) is 123. The van der Waals surface area contributed by atoms with Crippen molar-refractivity contribution in [3.05, 3.63) is 95.6 Å². The van der Waals surface area contributed by atoms with Crippen molar-refractivity contribution in [2.45, 2.75) is 161 Å². The number of nitrogens with zero attached hydrogens (tertiary/aromatic N) is 5. The van der Waals surface area contributed by atoms with E-state index < -0.39 is 96.2 Å². The highest BCUT2D eigenvalue weighted by Crippen LogP contribution is 2.36. The lowest BCUT2D eigenvalue weighted by Crippen LogP contribution is -2.53. The number of morpholine rings is 2. The van der Waals surface area contributed by atoms with Crippen LogP contribution in [-0.2, 0) is 91.0 Å². The largest absolute Gasteiger partial charge is 0.458 e. The fourth-order valence-electron chi connectivity index (χ4n) is 11.0. The van der Waals surface area contributed by atoms with Gasteiger partial charge < -0.3 is 63.0 Å². The number of anilines is 2. The van der Waals surface area contributed by atoms with Gasteiger partial charge in [-0.15, -0.1) is 0 Å². The number of benzene rings is 3. The third kappa shape index (κ3) is 20.2. The van der Waals surface area contributed by atoms with E-state index in [0.29, 0.717) is 57.4 Å². The van der Waals surface area contributed by atoms with Crippen molar-refractivity contribution in [3.63, 3.8) is 0 Å². The second kappa shape index (κ2) is 32.9. The lowest BCUT2D eigenvalue weighted by Gasteiger charge is -2.34. The number of carbonyl (C=O) groups excluding carboxylic acids is 8. The Morgan fingerprint density at radius 2 is 0.898 bits per heavy atom. The fraction of sp³-hybridized carbons (Fsp3) is 0.612. The fourth-order valence-corrected chi connectivity index (χ4v) is 11.0. The molecule has 482 valence electrons. The number of hydrogen-bond donors (Lipinski definition) is 1. The molecule has 0 radical (unpaired) electrons. The van der Waals surface area contributed by atoms with Crippen molar-refractivity contribution in [3.8, 4) is 0 Å². The van der Waals surface area contributed by atoms with Crippen LogP contribution in [0.4, 0.5) is 11.4 Å². The third-order valence-corrected chi connectivity index (χ3v) is 16.8. The summed E-state index contributed by atoms with van der Waals surface area (Å²) in [6.45, 7) is 15.6. The Morgan fingerprint density at radius 1 is 0.489 bits per heavy atom. The van der Waals surface area contributed by atoms with E-state index in [1.807, 2.05) is 94.4 Å². The molecule has 21 heteroatoms. The summed E-state index contributed by atoms with van der Waals surface area (Å²) in [5.74, 6) is -5.86. The van der Waals surface area contributed by atoms with Crippen LogP contribution in [0, 0.1) is 23.7 Å². The Morgan fingerprint density at radius 3 is 1.33 bits per heavy atom. The summed E-state index contributed by atoms with van der Waals surface area (Å²) in [7, 11) is 5.99. The molecule has 1 N–H and O–H groups in total. The van der Waals surface area contributed by atoms with Crippen molar-refractivity contribution in [2.75, 3.05) is 90.6 Å². The van der Waals surface area contributed by atoms with Crippen LogP contribution in [-0.4, -0.2) is 192 Å². The summed E-state index contributed by atoms with van der Waals surface area (Å²) >= 11 is 0. The van der Waals surface area contributed by atoms with Gasteiger partial charge in [0.05, 0.1) is 26.4 Å². The molecule has 7 rings (SSSR count). The number of carbonyl (C=O) groups is 8. The molecule has 2 aliphatic carbocycles. The number of rotatable bonds is 32. The molecule has 2 saturated heterocycles. The van der Waals surface area contributed by atoms with E-state index in [9.17, 15) is 33.6 Å². The zero-order chi connectivity index (χ0) is 63.6. The molecule has 0 aromatic heterocycles. The highest BCUT2D eigenvalue weighted by molar-refractivity contribution is 5.93. The van der Waals surface area contributed by atoms with E-state index in [4.69, 9.17) is 33.2 Å². The molecule has 3 aromatic rings. The van der Waals surface area contributed by atoms with E-state index >= 15 is 4.79 Å². The van der Waals surface area contributed by atoms with Crippen molar-refractivity contribution >= 4 is 58.9 Å². The molecule has 2 saturated carbocycles. The number of amides is 3. The monoisotopic (exact) mass is 1220 g/mol. The van der Waals surface area contributed by atoms with Gasteiger partial charge in [0.2, 0.25) is 0 Å². The maximum atomic E-state index is 15.0. The highest BCUT2D eigenvalue weighted by atomic mass is 16.6. The van der Waals surface area contributed by atoms with Crippen LogP contribution in [0.15, 0.2) is 78.9 Å². The molecule has 3 aromatic carbocycles. The summed E-state index contributed by atoms with van der Waals surface area (Å²) in [6, 6.07) is 20.0. The molecule has 0 bridgehead atoms. The number of nitrogens with one attached hydrogen (secondary N) is 1. The van der Waals surface area contributed by atoms with Crippen LogP contribution in [0.1, 0.15) is 110 Å². The van der Waals surface area contributed by atoms with Gasteiger partial charge in [-0.05, 0) is 111 Å². The van der Waals surface area contributed by atoms with Crippen LogP contribution in [0.5, 0.6) is 0 Å². The highest BCUT2D eigenvalue weighted by Gasteiger charge is 2.43. The summed E-state index contributed by atoms with van der Waals surface area (Å²) in [6.07, 6.45) is -1.04. The Balaban J connectivity index is 1.08. The van der Waals surface area contributed by atoms with Gasteiger partial charge in [-0.25, -0.2) is 19.2 Å². The van der Waals surface area contributed by atoms with Crippen LogP contribution in [0.2, 0.25) is 0 Å². The number of esters is 5. The Hall–Kier alpha value is -7.10. The van der Waals surface area contributed by atoms with Gasteiger partial charge >= 0.3 is 29.8 Å². The summed E-state index contributed by atoms with van der Waals surface area (Å²) in [5.41, 5.74) is 4.08. The topological polar surface area (TPSA) is 229 Å². The molecule has 8 atom stereocenters. The first-order valence-electron chi connectivity index (χ1n) is 31.4. The lowest BCUT2D eigenvalue weighted by molar-refractivity contribution is -0.175. The molecule has 0 spiro atoms. The van der Waals surface area contributed by atoms with Gasteiger partial charge in [0.25, 0.3) is 17.7 Å². The van der Waals surface area contributed by atoms with Crippen LogP contribution < -0.4 is 15.1 Å². The van der Waals surface area contributed by atoms with Gasteiger partial charge in [-0.3, -0.25) is 19.2 Å². The molecule has 2 heterocycles. The van der Waals surface area contributed by atoms with Gasteiger partial charge in [0.15, 0.2) is 24.4 Å². The normalized spacial score (nSPS) is 17.9. The molecule has 4 fully saturated rings. The van der Waals surface area contributed by atoms with Gasteiger partial charge in [-0.1, -0.05) is 108 Å². The predicted molar refractivity (Wildman–Crippen MR) is 330 cm³/mol. The van der Waals surface area contributed by atoms with Crippen molar-refractivity contribution in [2.24, 2.45) is 23.7 Å². The van der Waals surface area contributed by atoms with Crippen LogP contribution in [0.25, 0.3) is 0 Å². The maximum Gasteiger partial charge on any atom is 0.347 e. The Bertz CT molecular complexity index is 2780. The van der Waals surface area contributed by atoms with Crippen LogP contribution >= 0.6 is 0 Å². The first kappa shape index (κ1) is 68.4. The van der Waals surface area contributed by atoms with Gasteiger partial charge in [0, 0.05) is 71.5 Å². The molecule has 3 amide bonds. The van der Waals surface area contributed by atoms with Crippen LogP contribution in [0.3, 0.4) is 0 Å². The zero-order valence-electron chi connectivity index (χ0n) is 53.2. The van der Waals surface area contributed by atoms with E-state index in [1.54, 1.807) is 19.2 Å². The lowest BCUT2D eigenvalue weighted by atomic mass is 10.0.